The van der Waals surface area contributed by atoms with Crippen LogP contribution >= 0.6 is 0 Å². The van der Waals surface area contributed by atoms with Gasteiger partial charge in [-0.15, -0.1) is 0 Å². The number of ether oxygens (including phenoxy) is 1. The van der Waals surface area contributed by atoms with Crippen LogP contribution < -0.4 is 5.32 Å². The summed E-state index contributed by atoms with van der Waals surface area (Å²) in [7, 11) is 0. The molecular weight excluding hydrogens is 314 g/mol. The number of hydrogen-bond acceptors (Lipinski definition) is 3. The summed E-state index contributed by atoms with van der Waals surface area (Å²) in [6, 6.07) is 13.7. The number of fused-ring (bicyclic) bond motifs is 2. The second kappa shape index (κ2) is 5.46. The van der Waals surface area contributed by atoms with Crippen LogP contribution in [-0.4, -0.2) is 22.9 Å². The largest absolute Gasteiger partial charge is 0.443 e. The van der Waals surface area contributed by atoms with Gasteiger partial charge in [-0.05, 0) is 48.5 Å². The van der Waals surface area contributed by atoms with Gasteiger partial charge in [-0.25, -0.2) is 4.79 Å². The number of aliphatic hydroxyl groups is 1. The predicted molar refractivity (Wildman–Crippen MR) is 98.5 cm³/mol. The second-order valence-electron chi connectivity index (χ2n) is 8.38. The van der Waals surface area contributed by atoms with Crippen LogP contribution in [0.15, 0.2) is 42.5 Å². The predicted octanol–water partition coefficient (Wildman–Crippen LogP) is 4.57. The Bertz CT molecular complexity index is 822. The van der Waals surface area contributed by atoms with E-state index in [4.69, 9.17) is 4.74 Å². The van der Waals surface area contributed by atoms with Gasteiger partial charge >= 0.3 is 6.09 Å². The summed E-state index contributed by atoms with van der Waals surface area (Å²) in [6.45, 7) is 6.25. The van der Waals surface area contributed by atoms with Crippen LogP contribution in [0.25, 0.3) is 10.8 Å². The van der Waals surface area contributed by atoms with Gasteiger partial charge in [0.05, 0.1) is 11.3 Å². The standard InChI is InChI=1S/C21H25NO3/c1-20(2)15-11-18(21(3,24)12-16(15)20)25-19(23)22-17-10-6-8-13-7-4-5-9-14(13)17/h4-10,15-16,18,24H,11-12H2,1-3H3,(H,22,23)/t15?,16?,18-,21-/m0/s1. The Morgan fingerprint density at radius 3 is 2.64 bits per heavy atom. The van der Waals surface area contributed by atoms with E-state index >= 15 is 0 Å². The van der Waals surface area contributed by atoms with Crippen LogP contribution in [0, 0.1) is 17.3 Å². The normalized spacial score (nSPS) is 32.7. The summed E-state index contributed by atoms with van der Waals surface area (Å²) in [6.07, 6.45) is 0.453. The molecule has 1 amide bonds. The van der Waals surface area contributed by atoms with E-state index in [1.165, 1.54) is 0 Å². The van der Waals surface area contributed by atoms with Gasteiger partial charge in [0, 0.05) is 5.39 Å². The Morgan fingerprint density at radius 2 is 1.84 bits per heavy atom. The number of carbonyl (C=O) groups is 1. The highest BCUT2D eigenvalue weighted by molar-refractivity contribution is 6.00. The third kappa shape index (κ3) is 2.78. The summed E-state index contributed by atoms with van der Waals surface area (Å²) in [5, 5.41) is 15.6. The van der Waals surface area contributed by atoms with Gasteiger partial charge < -0.3 is 9.84 Å². The molecule has 0 aromatic heterocycles. The topological polar surface area (TPSA) is 58.6 Å². The number of benzene rings is 2. The van der Waals surface area contributed by atoms with Crippen LogP contribution in [0.3, 0.4) is 0 Å². The zero-order valence-corrected chi connectivity index (χ0v) is 15.0. The van der Waals surface area contributed by atoms with Crippen molar-refractivity contribution in [1.82, 2.24) is 0 Å². The second-order valence-corrected chi connectivity index (χ2v) is 8.38. The van der Waals surface area contributed by atoms with Crippen molar-refractivity contribution in [2.75, 3.05) is 5.32 Å². The zero-order valence-electron chi connectivity index (χ0n) is 15.0. The fourth-order valence-corrected chi connectivity index (χ4v) is 4.57. The smallest absolute Gasteiger partial charge is 0.412 e. The maximum atomic E-state index is 12.4. The molecular formula is C21H25NO3. The minimum Gasteiger partial charge on any atom is -0.443 e. The molecule has 0 aliphatic heterocycles. The van der Waals surface area contributed by atoms with Gasteiger partial charge in [-0.1, -0.05) is 50.2 Å². The summed E-state index contributed by atoms with van der Waals surface area (Å²) < 4.78 is 5.65. The third-order valence-electron chi connectivity index (χ3n) is 6.36. The molecule has 0 bridgehead atoms. The number of hydrogen-bond donors (Lipinski definition) is 2. The molecule has 0 radical (unpaired) electrons. The number of nitrogens with one attached hydrogen (secondary N) is 1. The highest BCUT2D eigenvalue weighted by Gasteiger charge is 2.64. The molecule has 2 aromatic carbocycles. The maximum Gasteiger partial charge on any atom is 0.412 e. The van der Waals surface area contributed by atoms with Crippen LogP contribution in [0.1, 0.15) is 33.6 Å². The van der Waals surface area contributed by atoms with Crippen molar-refractivity contribution in [3.63, 3.8) is 0 Å². The first kappa shape index (κ1) is 16.4. The van der Waals surface area contributed by atoms with Crippen LogP contribution in [0.5, 0.6) is 0 Å². The number of carbonyl (C=O) groups excluding carboxylic acids is 1. The van der Waals surface area contributed by atoms with Gasteiger partial charge in [-0.3, -0.25) is 5.32 Å². The molecule has 4 heteroatoms. The van der Waals surface area contributed by atoms with E-state index < -0.39 is 17.8 Å². The Morgan fingerprint density at radius 1 is 1.12 bits per heavy atom. The van der Waals surface area contributed by atoms with Gasteiger partial charge in [0.1, 0.15) is 6.10 Å². The number of amides is 1. The summed E-state index contributed by atoms with van der Waals surface area (Å²) in [5.74, 6) is 1.06. The van der Waals surface area contributed by atoms with E-state index in [0.29, 0.717) is 18.3 Å². The minimum atomic E-state index is -0.967. The molecule has 2 fully saturated rings. The van der Waals surface area contributed by atoms with Crippen molar-refractivity contribution in [2.24, 2.45) is 17.3 Å². The van der Waals surface area contributed by atoms with Gasteiger partial charge in [-0.2, -0.15) is 0 Å². The lowest BCUT2D eigenvalue weighted by molar-refractivity contribution is -0.0908. The first-order valence-electron chi connectivity index (χ1n) is 8.97. The van der Waals surface area contributed by atoms with Crippen molar-refractivity contribution in [3.05, 3.63) is 42.5 Å². The Balaban J connectivity index is 1.48. The van der Waals surface area contributed by atoms with Gasteiger partial charge in [0.15, 0.2) is 0 Å². The van der Waals surface area contributed by atoms with Crippen molar-refractivity contribution < 1.29 is 14.6 Å². The maximum absolute atomic E-state index is 12.4. The quantitative estimate of drug-likeness (QED) is 0.842. The summed E-state index contributed by atoms with van der Waals surface area (Å²) >= 11 is 0. The molecule has 25 heavy (non-hydrogen) atoms. The van der Waals surface area contributed by atoms with E-state index in [0.717, 1.165) is 22.9 Å². The first-order chi connectivity index (χ1) is 11.8. The van der Waals surface area contributed by atoms with Crippen LogP contribution in [0.2, 0.25) is 0 Å². The molecule has 2 saturated carbocycles. The molecule has 4 atom stereocenters. The Hall–Kier alpha value is -2.07. The Labute approximate surface area is 148 Å². The highest BCUT2D eigenvalue weighted by atomic mass is 16.6. The van der Waals surface area contributed by atoms with E-state index in [1.54, 1.807) is 6.92 Å². The summed E-state index contributed by atoms with van der Waals surface area (Å²) in [5.41, 5.74) is 0.00219. The van der Waals surface area contributed by atoms with Crippen molar-refractivity contribution in [2.45, 2.75) is 45.3 Å². The third-order valence-corrected chi connectivity index (χ3v) is 6.36. The monoisotopic (exact) mass is 339 g/mol. The lowest BCUT2D eigenvalue weighted by Gasteiger charge is -2.35. The minimum absolute atomic E-state index is 0.244. The fourth-order valence-electron chi connectivity index (χ4n) is 4.57. The molecule has 0 saturated heterocycles. The molecule has 2 aromatic rings. The molecule has 132 valence electrons. The van der Waals surface area contributed by atoms with Crippen molar-refractivity contribution >= 4 is 22.6 Å². The molecule has 2 N–H and O–H groups in total. The lowest BCUT2D eigenvalue weighted by atomic mass is 9.84. The SMILES string of the molecule is CC1(C)C2C[C@H](OC(=O)Nc3cccc4ccccc34)[C@@](C)(O)CC21. The van der Waals surface area contributed by atoms with Gasteiger partial charge in [0.25, 0.3) is 0 Å². The molecule has 4 nitrogen and oxygen atoms in total. The number of anilines is 1. The zero-order chi connectivity index (χ0) is 17.8. The first-order valence-corrected chi connectivity index (χ1v) is 8.97. The molecule has 4 rings (SSSR count). The van der Waals surface area contributed by atoms with Gasteiger partial charge in [0.2, 0.25) is 0 Å². The van der Waals surface area contributed by atoms with E-state index in [2.05, 4.69) is 19.2 Å². The van der Waals surface area contributed by atoms with Crippen LogP contribution in [-0.2, 0) is 4.74 Å². The van der Waals surface area contributed by atoms with Crippen LogP contribution in [0.4, 0.5) is 10.5 Å². The lowest BCUT2D eigenvalue weighted by Crippen LogP contribution is -2.46. The van der Waals surface area contributed by atoms with E-state index in [-0.39, 0.29) is 5.41 Å². The molecule has 2 aliphatic rings. The highest BCUT2D eigenvalue weighted by Crippen LogP contribution is 2.66. The Kier molecular flexibility index (Phi) is 3.58. The molecule has 2 unspecified atom stereocenters. The number of rotatable bonds is 2. The summed E-state index contributed by atoms with van der Waals surface area (Å²) in [4.78, 5) is 12.4. The molecule has 0 heterocycles. The fraction of sp³-hybridized carbons (Fsp3) is 0.476. The average Bonchev–Trinajstić information content (AvgIpc) is 3.06. The molecule has 0 spiro atoms. The van der Waals surface area contributed by atoms with Crippen molar-refractivity contribution in [3.8, 4) is 0 Å². The average molecular weight is 339 g/mol. The van der Waals surface area contributed by atoms with E-state index in [9.17, 15) is 9.90 Å². The van der Waals surface area contributed by atoms with E-state index in [1.807, 2.05) is 42.5 Å². The molecule has 2 aliphatic carbocycles. The van der Waals surface area contributed by atoms with Crippen molar-refractivity contribution in [1.29, 1.82) is 0 Å².